The second-order valence-electron chi connectivity index (χ2n) is 4.84. The van der Waals surface area contributed by atoms with Gasteiger partial charge in [-0.25, -0.2) is 4.79 Å². The number of hydrogen-bond donors (Lipinski definition) is 2. The maximum Gasteiger partial charge on any atom is 0.357 e. The maximum atomic E-state index is 12.3. The van der Waals surface area contributed by atoms with E-state index in [0.717, 1.165) is 0 Å². The van der Waals surface area contributed by atoms with Crippen molar-refractivity contribution in [1.29, 1.82) is 0 Å². The van der Waals surface area contributed by atoms with Crippen LogP contribution < -0.4 is 5.73 Å². The normalized spacial score (nSPS) is 16.1. The Kier molecular flexibility index (Phi) is 3.73. The van der Waals surface area contributed by atoms with Gasteiger partial charge in [0.05, 0.1) is 5.56 Å². The van der Waals surface area contributed by atoms with Crippen LogP contribution in [-0.2, 0) is 11.8 Å². The summed E-state index contributed by atoms with van der Waals surface area (Å²) in [5, 5.41) is 12.8. The zero-order valence-corrected chi connectivity index (χ0v) is 11.1. The Balaban J connectivity index is 2.13. The SMILES string of the molecule is Cn1cc(C(=O)N2CCC(C(N)=O)CC2)c(C(=O)O)n1. The molecule has 0 atom stereocenters. The lowest BCUT2D eigenvalue weighted by Crippen LogP contribution is -2.42. The highest BCUT2D eigenvalue weighted by Crippen LogP contribution is 2.19. The van der Waals surface area contributed by atoms with Gasteiger partial charge in [-0.1, -0.05) is 0 Å². The van der Waals surface area contributed by atoms with Gasteiger partial charge in [-0.15, -0.1) is 0 Å². The van der Waals surface area contributed by atoms with Crippen LogP contribution in [0.25, 0.3) is 0 Å². The van der Waals surface area contributed by atoms with E-state index in [9.17, 15) is 14.4 Å². The number of likely N-dealkylation sites (tertiary alicyclic amines) is 1. The maximum absolute atomic E-state index is 12.3. The van der Waals surface area contributed by atoms with E-state index in [1.807, 2.05) is 0 Å². The molecule has 1 saturated heterocycles. The lowest BCUT2D eigenvalue weighted by Gasteiger charge is -2.30. The third kappa shape index (κ3) is 2.63. The smallest absolute Gasteiger partial charge is 0.357 e. The van der Waals surface area contributed by atoms with E-state index in [0.29, 0.717) is 25.9 Å². The van der Waals surface area contributed by atoms with Crippen molar-refractivity contribution in [1.82, 2.24) is 14.7 Å². The number of carboxylic acids is 1. The Morgan fingerprint density at radius 1 is 1.35 bits per heavy atom. The number of amides is 2. The van der Waals surface area contributed by atoms with Crippen molar-refractivity contribution < 1.29 is 19.5 Å². The summed E-state index contributed by atoms with van der Waals surface area (Å²) >= 11 is 0. The molecule has 1 aliphatic heterocycles. The number of piperidine rings is 1. The summed E-state index contributed by atoms with van der Waals surface area (Å²) in [4.78, 5) is 36.0. The fourth-order valence-electron chi connectivity index (χ4n) is 2.34. The number of carbonyl (C=O) groups excluding carboxylic acids is 2. The molecule has 0 radical (unpaired) electrons. The van der Waals surface area contributed by atoms with E-state index >= 15 is 0 Å². The summed E-state index contributed by atoms with van der Waals surface area (Å²) < 4.78 is 1.30. The molecule has 0 unspecified atom stereocenters. The summed E-state index contributed by atoms with van der Waals surface area (Å²) in [6.45, 7) is 0.779. The second kappa shape index (κ2) is 5.32. The zero-order valence-electron chi connectivity index (χ0n) is 11.1. The molecule has 1 aromatic rings. The topological polar surface area (TPSA) is 119 Å². The first-order chi connectivity index (χ1) is 9.40. The molecule has 8 heteroatoms. The van der Waals surface area contributed by atoms with Gasteiger partial charge in [0, 0.05) is 32.3 Å². The number of primary amides is 1. The molecule has 0 spiro atoms. The van der Waals surface area contributed by atoms with E-state index in [2.05, 4.69) is 5.10 Å². The minimum Gasteiger partial charge on any atom is -0.476 e. The van der Waals surface area contributed by atoms with Crippen LogP contribution in [0.2, 0.25) is 0 Å². The molecule has 2 rings (SSSR count). The Morgan fingerprint density at radius 2 is 1.95 bits per heavy atom. The summed E-state index contributed by atoms with van der Waals surface area (Å²) in [5.74, 6) is -2.18. The third-order valence-electron chi connectivity index (χ3n) is 3.45. The predicted octanol–water partition coefficient (Wildman–Crippen LogP) is -0.544. The minimum atomic E-state index is -1.24. The van der Waals surface area contributed by atoms with Crippen molar-refractivity contribution in [3.8, 4) is 0 Å². The van der Waals surface area contributed by atoms with Crippen molar-refractivity contribution in [2.24, 2.45) is 18.7 Å². The van der Waals surface area contributed by atoms with Gasteiger partial charge in [0.25, 0.3) is 5.91 Å². The van der Waals surface area contributed by atoms with Gasteiger partial charge in [-0.2, -0.15) is 5.10 Å². The number of aromatic carboxylic acids is 1. The van der Waals surface area contributed by atoms with Gasteiger partial charge in [0.1, 0.15) is 0 Å². The number of rotatable bonds is 3. The minimum absolute atomic E-state index is 0.0672. The number of nitrogens with two attached hydrogens (primary N) is 1. The molecule has 1 aromatic heterocycles. The highest BCUT2D eigenvalue weighted by Gasteiger charge is 2.29. The molecule has 108 valence electrons. The van der Waals surface area contributed by atoms with Gasteiger partial charge < -0.3 is 15.7 Å². The fourth-order valence-corrected chi connectivity index (χ4v) is 2.34. The summed E-state index contributed by atoms with van der Waals surface area (Å²) in [6, 6.07) is 0. The standard InChI is InChI=1S/C12H16N4O4/c1-15-6-8(9(14-15)12(19)20)11(18)16-4-2-7(3-5-16)10(13)17/h6-7H,2-5H2,1H3,(H2,13,17)(H,19,20). The Bertz CT molecular complexity index is 558. The van der Waals surface area contributed by atoms with Gasteiger partial charge in [0.15, 0.2) is 5.69 Å². The summed E-state index contributed by atoms with van der Waals surface area (Å²) in [7, 11) is 1.56. The monoisotopic (exact) mass is 280 g/mol. The van der Waals surface area contributed by atoms with Gasteiger partial charge >= 0.3 is 5.97 Å². The van der Waals surface area contributed by atoms with Crippen LogP contribution in [0, 0.1) is 5.92 Å². The quantitative estimate of drug-likeness (QED) is 0.770. The van der Waals surface area contributed by atoms with E-state index < -0.39 is 5.97 Å². The molecule has 20 heavy (non-hydrogen) atoms. The van der Waals surface area contributed by atoms with Crippen LogP contribution in [0.4, 0.5) is 0 Å². The van der Waals surface area contributed by atoms with Crippen molar-refractivity contribution in [2.45, 2.75) is 12.8 Å². The van der Waals surface area contributed by atoms with Crippen molar-refractivity contribution >= 4 is 17.8 Å². The molecule has 0 aliphatic carbocycles. The fraction of sp³-hybridized carbons (Fsp3) is 0.500. The van der Waals surface area contributed by atoms with Crippen molar-refractivity contribution in [3.05, 3.63) is 17.5 Å². The highest BCUT2D eigenvalue weighted by atomic mass is 16.4. The molecule has 1 aliphatic rings. The molecular formula is C12H16N4O4. The zero-order chi connectivity index (χ0) is 14.9. The van der Waals surface area contributed by atoms with Crippen molar-refractivity contribution in [3.63, 3.8) is 0 Å². The van der Waals surface area contributed by atoms with Crippen LogP contribution in [0.3, 0.4) is 0 Å². The first-order valence-electron chi connectivity index (χ1n) is 6.25. The number of aromatic nitrogens is 2. The van der Waals surface area contributed by atoms with Crippen LogP contribution in [0.1, 0.15) is 33.7 Å². The summed E-state index contributed by atoms with van der Waals surface area (Å²) in [6.07, 6.45) is 2.40. The Hall–Kier alpha value is -2.38. The molecule has 0 saturated carbocycles. The first kappa shape index (κ1) is 14.0. The number of carboxylic acid groups (broad SMARTS) is 1. The molecular weight excluding hydrogens is 264 g/mol. The molecule has 3 N–H and O–H groups in total. The van der Waals surface area contributed by atoms with Crippen molar-refractivity contribution in [2.75, 3.05) is 13.1 Å². The largest absolute Gasteiger partial charge is 0.476 e. The number of nitrogens with zero attached hydrogens (tertiary/aromatic N) is 3. The average Bonchev–Trinajstić information content (AvgIpc) is 2.80. The van der Waals surface area contributed by atoms with Crippen LogP contribution >= 0.6 is 0 Å². The van der Waals surface area contributed by atoms with Crippen LogP contribution in [0.15, 0.2) is 6.20 Å². The molecule has 2 heterocycles. The van der Waals surface area contributed by atoms with E-state index in [4.69, 9.17) is 10.8 Å². The number of hydrogen-bond acceptors (Lipinski definition) is 4. The van der Waals surface area contributed by atoms with Gasteiger partial charge in [0.2, 0.25) is 5.91 Å². The van der Waals surface area contributed by atoms with Gasteiger partial charge in [-0.05, 0) is 12.8 Å². The molecule has 2 amide bonds. The van der Waals surface area contributed by atoms with Crippen LogP contribution in [-0.4, -0.2) is 50.7 Å². The predicted molar refractivity (Wildman–Crippen MR) is 68.0 cm³/mol. The molecule has 1 fully saturated rings. The number of carbonyl (C=O) groups is 3. The second-order valence-corrected chi connectivity index (χ2v) is 4.84. The highest BCUT2D eigenvalue weighted by molar-refractivity contribution is 6.03. The summed E-state index contributed by atoms with van der Waals surface area (Å²) in [5.41, 5.74) is 5.05. The lowest BCUT2D eigenvalue weighted by atomic mass is 9.96. The van der Waals surface area contributed by atoms with E-state index in [-0.39, 0.29) is 29.0 Å². The van der Waals surface area contributed by atoms with Gasteiger partial charge in [-0.3, -0.25) is 14.3 Å². The Morgan fingerprint density at radius 3 is 2.45 bits per heavy atom. The average molecular weight is 280 g/mol. The first-order valence-corrected chi connectivity index (χ1v) is 6.25. The third-order valence-corrected chi connectivity index (χ3v) is 3.45. The number of aryl methyl sites for hydroxylation is 1. The molecule has 0 bridgehead atoms. The lowest BCUT2D eigenvalue weighted by molar-refractivity contribution is -0.123. The van der Waals surface area contributed by atoms with E-state index in [1.54, 1.807) is 7.05 Å². The molecule has 0 aromatic carbocycles. The Labute approximate surface area is 115 Å². The molecule has 8 nitrogen and oxygen atoms in total. The van der Waals surface area contributed by atoms with Crippen LogP contribution in [0.5, 0.6) is 0 Å². The van der Waals surface area contributed by atoms with E-state index in [1.165, 1.54) is 15.8 Å².